The molecule has 2 aromatic rings. The standard InChI is InChI=1S/C11H10IN/c1-2-8-4-3-5-9-6-7-10(12)13-11(8)9/h3-7H,2H2,1H3. The molecule has 66 valence electrons. The first-order valence-electron chi connectivity index (χ1n) is 4.35. The quantitative estimate of drug-likeness (QED) is 0.577. The summed E-state index contributed by atoms with van der Waals surface area (Å²) in [7, 11) is 0. The summed E-state index contributed by atoms with van der Waals surface area (Å²) >= 11 is 2.25. The molecule has 0 fully saturated rings. The molecule has 2 heteroatoms. The van der Waals surface area contributed by atoms with Crippen molar-refractivity contribution in [1.29, 1.82) is 0 Å². The summed E-state index contributed by atoms with van der Waals surface area (Å²) in [5.41, 5.74) is 2.48. The molecule has 0 N–H and O–H groups in total. The first-order chi connectivity index (χ1) is 6.31. The zero-order chi connectivity index (χ0) is 9.26. The third kappa shape index (κ3) is 1.68. The van der Waals surface area contributed by atoms with Crippen LogP contribution in [0.3, 0.4) is 0 Å². The first kappa shape index (κ1) is 8.94. The van der Waals surface area contributed by atoms with Gasteiger partial charge in [0.05, 0.1) is 5.52 Å². The van der Waals surface area contributed by atoms with Gasteiger partial charge in [-0.2, -0.15) is 0 Å². The molecule has 13 heavy (non-hydrogen) atoms. The maximum absolute atomic E-state index is 4.53. The van der Waals surface area contributed by atoms with Crippen LogP contribution in [-0.4, -0.2) is 4.98 Å². The molecule has 0 saturated carbocycles. The molecule has 0 unspecified atom stereocenters. The van der Waals surface area contributed by atoms with E-state index >= 15 is 0 Å². The molecule has 0 aliphatic carbocycles. The third-order valence-corrected chi connectivity index (χ3v) is 2.75. The fraction of sp³-hybridized carbons (Fsp3) is 0.182. The van der Waals surface area contributed by atoms with Crippen LogP contribution in [0.15, 0.2) is 30.3 Å². The summed E-state index contributed by atoms with van der Waals surface area (Å²) in [6, 6.07) is 10.5. The zero-order valence-electron chi connectivity index (χ0n) is 7.42. The van der Waals surface area contributed by atoms with Gasteiger partial charge in [0.1, 0.15) is 3.70 Å². The van der Waals surface area contributed by atoms with Gasteiger partial charge in [-0.1, -0.05) is 31.2 Å². The maximum Gasteiger partial charge on any atom is 0.102 e. The Morgan fingerprint density at radius 1 is 1.23 bits per heavy atom. The van der Waals surface area contributed by atoms with E-state index in [2.05, 4.69) is 58.8 Å². The van der Waals surface area contributed by atoms with Gasteiger partial charge in [0.15, 0.2) is 0 Å². The van der Waals surface area contributed by atoms with Crippen molar-refractivity contribution in [3.8, 4) is 0 Å². The number of nitrogens with zero attached hydrogens (tertiary/aromatic N) is 1. The van der Waals surface area contributed by atoms with Crippen LogP contribution in [0.5, 0.6) is 0 Å². The van der Waals surface area contributed by atoms with Crippen molar-refractivity contribution in [3.05, 3.63) is 39.6 Å². The van der Waals surface area contributed by atoms with Gasteiger partial charge < -0.3 is 0 Å². The highest BCUT2D eigenvalue weighted by atomic mass is 127. The van der Waals surface area contributed by atoms with E-state index in [0.717, 1.165) is 15.6 Å². The molecule has 2 rings (SSSR count). The Kier molecular flexibility index (Phi) is 2.49. The van der Waals surface area contributed by atoms with Crippen molar-refractivity contribution in [1.82, 2.24) is 4.98 Å². The summed E-state index contributed by atoms with van der Waals surface area (Å²) in [5, 5.41) is 1.24. The van der Waals surface area contributed by atoms with Crippen LogP contribution in [0.4, 0.5) is 0 Å². The average Bonchev–Trinajstić information content (AvgIpc) is 2.17. The fourth-order valence-electron chi connectivity index (χ4n) is 1.47. The Morgan fingerprint density at radius 2 is 2.08 bits per heavy atom. The second-order valence-corrected chi connectivity index (χ2v) is 4.08. The highest BCUT2D eigenvalue weighted by Crippen LogP contribution is 2.18. The van der Waals surface area contributed by atoms with E-state index in [9.17, 15) is 0 Å². The van der Waals surface area contributed by atoms with Crippen LogP contribution in [0.1, 0.15) is 12.5 Å². The topological polar surface area (TPSA) is 12.9 Å². The van der Waals surface area contributed by atoms with Crippen LogP contribution >= 0.6 is 22.6 Å². The number of aromatic nitrogens is 1. The third-order valence-electron chi connectivity index (χ3n) is 2.15. The van der Waals surface area contributed by atoms with Gasteiger partial charge >= 0.3 is 0 Å². The Balaban J connectivity index is 2.79. The predicted octanol–water partition coefficient (Wildman–Crippen LogP) is 3.40. The molecule has 0 radical (unpaired) electrons. The Hall–Kier alpha value is -0.640. The van der Waals surface area contributed by atoms with Crippen LogP contribution in [0.25, 0.3) is 10.9 Å². The number of hydrogen-bond acceptors (Lipinski definition) is 1. The van der Waals surface area contributed by atoms with Crippen molar-refractivity contribution < 1.29 is 0 Å². The summed E-state index contributed by atoms with van der Waals surface area (Å²) < 4.78 is 1.06. The zero-order valence-corrected chi connectivity index (χ0v) is 9.58. The molecule has 0 aliphatic heterocycles. The number of rotatable bonds is 1. The minimum atomic E-state index is 1.05. The number of para-hydroxylation sites is 1. The van der Waals surface area contributed by atoms with E-state index in [1.807, 2.05) is 6.07 Å². The molecule has 0 aliphatic rings. The van der Waals surface area contributed by atoms with Crippen molar-refractivity contribution in [3.63, 3.8) is 0 Å². The lowest BCUT2D eigenvalue weighted by molar-refractivity contribution is 1.14. The van der Waals surface area contributed by atoms with Crippen LogP contribution in [0, 0.1) is 3.70 Å². The Bertz CT molecular complexity index is 437. The monoisotopic (exact) mass is 283 g/mol. The summed E-state index contributed by atoms with van der Waals surface area (Å²) in [4.78, 5) is 4.53. The molecule has 0 atom stereocenters. The smallest absolute Gasteiger partial charge is 0.102 e. The molecule has 0 bridgehead atoms. The number of pyridine rings is 1. The van der Waals surface area contributed by atoms with Gasteiger partial charge in [-0.25, -0.2) is 4.98 Å². The van der Waals surface area contributed by atoms with Gasteiger partial charge in [0.2, 0.25) is 0 Å². The van der Waals surface area contributed by atoms with Gasteiger partial charge in [-0.05, 0) is 40.6 Å². The SMILES string of the molecule is CCc1cccc2ccc(I)nc12. The highest BCUT2D eigenvalue weighted by molar-refractivity contribution is 14.1. The minimum absolute atomic E-state index is 1.05. The van der Waals surface area contributed by atoms with E-state index in [1.54, 1.807) is 0 Å². The van der Waals surface area contributed by atoms with E-state index in [1.165, 1.54) is 10.9 Å². The molecular formula is C11H10IN. The second kappa shape index (κ2) is 3.62. The van der Waals surface area contributed by atoms with E-state index < -0.39 is 0 Å². The van der Waals surface area contributed by atoms with Gasteiger partial charge in [-0.3, -0.25) is 0 Å². The number of fused-ring (bicyclic) bond motifs is 1. The Labute approximate surface area is 91.3 Å². The summed E-state index contributed by atoms with van der Waals surface area (Å²) in [6.45, 7) is 2.16. The van der Waals surface area contributed by atoms with Crippen LogP contribution < -0.4 is 0 Å². The molecule has 0 spiro atoms. The summed E-state index contributed by atoms with van der Waals surface area (Å²) in [6.07, 6.45) is 1.05. The molecule has 1 aromatic heterocycles. The lowest BCUT2D eigenvalue weighted by Crippen LogP contribution is -1.88. The molecular weight excluding hydrogens is 273 g/mol. The molecule has 1 heterocycles. The predicted molar refractivity (Wildman–Crippen MR) is 63.8 cm³/mol. The Morgan fingerprint density at radius 3 is 2.85 bits per heavy atom. The van der Waals surface area contributed by atoms with Crippen LogP contribution in [0.2, 0.25) is 0 Å². The number of halogens is 1. The van der Waals surface area contributed by atoms with E-state index in [-0.39, 0.29) is 0 Å². The second-order valence-electron chi connectivity index (χ2n) is 2.98. The van der Waals surface area contributed by atoms with E-state index in [0.29, 0.717) is 0 Å². The number of benzene rings is 1. The first-order valence-corrected chi connectivity index (χ1v) is 5.43. The molecule has 1 nitrogen and oxygen atoms in total. The van der Waals surface area contributed by atoms with E-state index in [4.69, 9.17) is 0 Å². The molecule has 0 amide bonds. The van der Waals surface area contributed by atoms with Crippen molar-refractivity contribution in [2.75, 3.05) is 0 Å². The lowest BCUT2D eigenvalue weighted by atomic mass is 10.1. The highest BCUT2D eigenvalue weighted by Gasteiger charge is 2.00. The van der Waals surface area contributed by atoms with Crippen molar-refractivity contribution in [2.24, 2.45) is 0 Å². The van der Waals surface area contributed by atoms with Gasteiger partial charge in [0.25, 0.3) is 0 Å². The summed E-state index contributed by atoms with van der Waals surface area (Å²) in [5.74, 6) is 0. The maximum atomic E-state index is 4.53. The fourth-order valence-corrected chi connectivity index (χ4v) is 1.89. The molecule has 0 saturated heterocycles. The van der Waals surface area contributed by atoms with Crippen molar-refractivity contribution in [2.45, 2.75) is 13.3 Å². The normalized spacial score (nSPS) is 10.6. The number of hydrogen-bond donors (Lipinski definition) is 0. The lowest BCUT2D eigenvalue weighted by Gasteiger charge is -2.02. The van der Waals surface area contributed by atoms with Crippen molar-refractivity contribution >= 4 is 33.5 Å². The average molecular weight is 283 g/mol. The van der Waals surface area contributed by atoms with Crippen LogP contribution in [-0.2, 0) is 6.42 Å². The van der Waals surface area contributed by atoms with Gasteiger partial charge in [0, 0.05) is 5.39 Å². The minimum Gasteiger partial charge on any atom is -0.242 e. The number of aryl methyl sites for hydroxylation is 1. The largest absolute Gasteiger partial charge is 0.242 e. The van der Waals surface area contributed by atoms with Gasteiger partial charge in [-0.15, -0.1) is 0 Å². The molecule has 1 aromatic carbocycles.